The van der Waals surface area contributed by atoms with Crippen LogP contribution in [0.5, 0.6) is 0 Å². The zero-order valence-corrected chi connectivity index (χ0v) is 15.1. The predicted octanol–water partition coefficient (Wildman–Crippen LogP) is 5.41. The van der Waals surface area contributed by atoms with Gasteiger partial charge >= 0.3 is 0 Å². The van der Waals surface area contributed by atoms with Crippen molar-refractivity contribution in [1.29, 1.82) is 0 Å². The van der Waals surface area contributed by atoms with E-state index in [4.69, 9.17) is 5.73 Å². The molecule has 0 fully saturated rings. The molecule has 2 nitrogen and oxygen atoms in total. The SMILES string of the molecule is CCC(c1ccccc1)c1ccccc1.NC(=O)/C=C/c1ccccc1. The second-order valence-electron chi connectivity index (χ2n) is 5.93. The van der Waals surface area contributed by atoms with Crippen LogP contribution < -0.4 is 5.73 Å². The van der Waals surface area contributed by atoms with Gasteiger partial charge in [0.25, 0.3) is 0 Å². The van der Waals surface area contributed by atoms with Gasteiger partial charge in [0.2, 0.25) is 5.91 Å². The number of carbonyl (C=O) groups excluding carboxylic acids is 1. The molecule has 0 bridgehead atoms. The van der Waals surface area contributed by atoms with Gasteiger partial charge in [-0.3, -0.25) is 4.79 Å². The van der Waals surface area contributed by atoms with E-state index in [0.717, 1.165) is 12.0 Å². The topological polar surface area (TPSA) is 43.1 Å². The van der Waals surface area contributed by atoms with Gasteiger partial charge in [-0.2, -0.15) is 0 Å². The van der Waals surface area contributed by atoms with Gasteiger partial charge in [-0.25, -0.2) is 0 Å². The quantitative estimate of drug-likeness (QED) is 0.618. The van der Waals surface area contributed by atoms with Crippen LogP contribution >= 0.6 is 0 Å². The maximum Gasteiger partial charge on any atom is 0.241 e. The lowest BCUT2D eigenvalue weighted by atomic mass is 9.89. The minimum absolute atomic E-state index is 0.422. The van der Waals surface area contributed by atoms with Gasteiger partial charge in [-0.05, 0) is 29.2 Å². The highest BCUT2D eigenvalue weighted by Gasteiger charge is 2.10. The zero-order valence-electron chi connectivity index (χ0n) is 15.1. The Bertz CT molecular complexity index is 756. The maximum absolute atomic E-state index is 10.3. The van der Waals surface area contributed by atoms with Crippen LogP contribution in [-0.2, 0) is 4.79 Å². The molecule has 3 aromatic carbocycles. The molecule has 0 heterocycles. The Morgan fingerprint density at radius 2 is 1.23 bits per heavy atom. The number of amides is 1. The maximum atomic E-state index is 10.3. The molecule has 2 heteroatoms. The fraction of sp³-hybridized carbons (Fsp3) is 0.125. The number of carbonyl (C=O) groups is 1. The van der Waals surface area contributed by atoms with Crippen molar-refractivity contribution in [2.24, 2.45) is 5.73 Å². The molecule has 0 spiro atoms. The van der Waals surface area contributed by atoms with E-state index in [1.54, 1.807) is 6.08 Å². The van der Waals surface area contributed by atoms with E-state index >= 15 is 0 Å². The summed E-state index contributed by atoms with van der Waals surface area (Å²) >= 11 is 0. The molecule has 2 N–H and O–H groups in total. The Labute approximate surface area is 156 Å². The third-order valence-electron chi connectivity index (χ3n) is 4.05. The first kappa shape index (κ1) is 19.2. The summed E-state index contributed by atoms with van der Waals surface area (Å²) in [6.07, 6.45) is 4.17. The van der Waals surface area contributed by atoms with Crippen molar-refractivity contribution in [3.8, 4) is 0 Å². The van der Waals surface area contributed by atoms with Gasteiger partial charge in [0, 0.05) is 12.0 Å². The highest BCUT2D eigenvalue weighted by atomic mass is 16.1. The second-order valence-corrected chi connectivity index (χ2v) is 5.93. The van der Waals surface area contributed by atoms with Crippen LogP contribution in [0.2, 0.25) is 0 Å². The molecule has 3 aromatic rings. The van der Waals surface area contributed by atoms with E-state index < -0.39 is 5.91 Å². The minimum atomic E-state index is -0.422. The van der Waals surface area contributed by atoms with Crippen molar-refractivity contribution in [3.05, 3.63) is 114 Å². The van der Waals surface area contributed by atoms with Crippen molar-refractivity contribution >= 4 is 12.0 Å². The van der Waals surface area contributed by atoms with Crippen LogP contribution in [0, 0.1) is 0 Å². The number of hydrogen-bond donors (Lipinski definition) is 1. The highest BCUT2D eigenvalue weighted by Crippen LogP contribution is 2.26. The first-order valence-corrected chi connectivity index (χ1v) is 8.83. The Morgan fingerprint density at radius 3 is 1.62 bits per heavy atom. The van der Waals surface area contributed by atoms with Gasteiger partial charge in [-0.15, -0.1) is 0 Å². The number of hydrogen-bond acceptors (Lipinski definition) is 1. The van der Waals surface area contributed by atoms with Crippen LogP contribution in [0.3, 0.4) is 0 Å². The smallest absolute Gasteiger partial charge is 0.241 e. The molecular weight excluding hydrogens is 318 g/mol. The van der Waals surface area contributed by atoms with Crippen LogP contribution in [0.25, 0.3) is 6.08 Å². The van der Waals surface area contributed by atoms with Gasteiger partial charge in [-0.1, -0.05) is 97.9 Å². The molecule has 26 heavy (non-hydrogen) atoms. The lowest BCUT2D eigenvalue weighted by molar-refractivity contribution is -0.113. The molecule has 0 aromatic heterocycles. The fourth-order valence-corrected chi connectivity index (χ4v) is 2.78. The Hall–Kier alpha value is -3.13. The summed E-state index contributed by atoms with van der Waals surface area (Å²) in [4.78, 5) is 10.3. The normalized spacial score (nSPS) is 10.4. The summed E-state index contributed by atoms with van der Waals surface area (Å²) in [5, 5.41) is 0. The Kier molecular flexibility index (Phi) is 7.88. The molecule has 0 aliphatic heterocycles. The third-order valence-corrected chi connectivity index (χ3v) is 4.05. The van der Waals surface area contributed by atoms with E-state index in [9.17, 15) is 4.79 Å². The van der Waals surface area contributed by atoms with E-state index in [1.807, 2.05) is 30.3 Å². The molecule has 1 amide bonds. The summed E-state index contributed by atoms with van der Waals surface area (Å²) in [7, 11) is 0. The summed E-state index contributed by atoms with van der Waals surface area (Å²) in [6.45, 7) is 2.24. The standard InChI is InChI=1S/C15H16.C9H9NO/c1-2-15(13-9-5-3-6-10-13)14-11-7-4-8-12-14;10-9(11)7-6-8-4-2-1-3-5-8/h3-12,15H,2H2,1H3;1-7H,(H2,10,11)/b;7-6+. The van der Waals surface area contributed by atoms with Crippen LogP contribution in [0.1, 0.15) is 36.0 Å². The van der Waals surface area contributed by atoms with Crippen LogP contribution in [0.15, 0.2) is 97.1 Å². The number of benzene rings is 3. The summed E-state index contributed by atoms with van der Waals surface area (Å²) in [5.41, 5.74) is 8.71. The van der Waals surface area contributed by atoms with Gasteiger partial charge in [0.1, 0.15) is 0 Å². The van der Waals surface area contributed by atoms with Crippen molar-refractivity contribution in [2.75, 3.05) is 0 Å². The molecular formula is C24H25NO. The highest BCUT2D eigenvalue weighted by molar-refractivity contribution is 5.90. The lowest BCUT2D eigenvalue weighted by Gasteiger charge is -2.15. The molecule has 0 saturated heterocycles. The number of primary amides is 1. The molecule has 0 aliphatic rings. The number of nitrogens with two attached hydrogens (primary N) is 1. The molecule has 0 radical (unpaired) electrons. The minimum Gasteiger partial charge on any atom is -0.366 e. The van der Waals surface area contributed by atoms with E-state index in [-0.39, 0.29) is 0 Å². The molecule has 0 atom stereocenters. The summed E-state index contributed by atoms with van der Waals surface area (Å²) in [6, 6.07) is 31.0. The summed E-state index contributed by atoms with van der Waals surface area (Å²) < 4.78 is 0. The third kappa shape index (κ3) is 6.40. The zero-order chi connectivity index (χ0) is 18.6. The van der Waals surface area contributed by atoms with E-state index in [2.05, 4.69) is 67.6 Å². The largest absolute Gasteiger partial charge is 0.366 e. The van der Waals surface area contributed by atoms with Crippen molar-refractivity contribution in [2.45, 2.75) is 19.3 Å². The fourth-order valence-electron chi connectivity index (χ4n) is 2.78. The Balaban J connectivity index is 0.000000197. The van der Waals surface area contributed by atoms with Crippen LogP contribution in [0.4, 0.5) is 0 Å². The van der Waals surface area contributed by atoms with Crippen molar-refractivity contribution in [3.63, 3.8) is 0 Å². The average Bonchev–Trinajstić information content (AvgIpc) is 2.70. The van der Waals surface area contributed by atoms with Crippen molar-refractivity contribution in [1.82, 2.24) is 0 Å². The first-order valence-electron chi connectivity index (χ1n) is 8.83. The van der Waals surface area contributed by atoms with Gasteiger partial charge in [0.15, 0.2) is 0 Å². The van der Waals surface area contributed by atoms with E-state index in [1.165, 1.54) is 17.2 Å². The van der Waals surface area contributed by atoms with Gasteiger partial charge < -0.3 is 5.73 Å². The summed E-state index contributed by atoms with van der Waals surface area (Å²) in [5.74, 6) is 0.112. The van der Waals surface area contributed by atoms with Crippen molar-refractivity contribution < 1.29 is 4.79 Å². The van der Waals surface area contributed by atoms with Crippen LogP contribution in [-0.4, -0.2) is 5.91 Å². The molecule has 132 valence electrons. The lowest BCUT2D eigenvalue weighted by Crippen LogP contribution is -2.04. The monoisotopic (exact) mass is 343 g/mol. The predicted molar refractivity (Wildman–Crippen MR) is 110 cm³/mol. The first-order chi connectivity index (χ1) is 12.7. The molecule has 0 aliphatic carbocycles. The molecule has 3 rings (SSSR count). The molecule has 0 unspecified atom stereocenters. The Morgan fingerprint density at radius 1 is 0.808 bits per heavy atom. The van der Waals surface area contributed by atoms with E-state index in [0.29, 0.717) is 5.92 Å². The number of rotatable bonds is 5. The molecule has 0 saturated carbocycles. The average molecular weight is 343 g/mol. The second kappa shape index (κ2) is 10.7. The van der Waals surface area contributed by atoms with Gasteiger partial charge in [0.05, 0.1) is 0 Å².